The number of piperidine rings is 1. The summed E-state index contributed by atoms with van der Waals surface area (Å²) in [5, 5.41) is 6.80. The minimum atomic E-state index is -0.555. The second kappa shape index (κ2) is 8.02. The number of nitrogens with zero attached hydrogens (tertiary/aromatic N) is 3. The van der Waals surface area contributed by atoms with E-state index in [0.29, 0.717) is 6.54 Å². The average Bonchev–Trinajstić information content (AvgIpc) is 3.18. The van der Waals surface area contributed by atoms with Gasteiger partial charge in [-0.2, -0.15) is 0 Å². The monoisotopic (exact) mass is 402 g/mol. The number of H-pyrrole nitrogens is 1. The van der Waals surface area contributed by atoms with Gasteiger partial charge < -0.3 is 20.5 Å². The molecular weight excluding hydrogens is 383 g/mol. The zero-order chi connectivity index (χ0) is 19.5. The largest absolute Gasteiger partial charge is 0.374 e. The van der Waals surface area contributed by atoms with E-state index in [1.165, 1.54) is 6.07 Å². The first-order valence-electron chi connectivity index (χ1n) is 9.12. The third-order valence-corrected chi connectivity index (χ3v) is 5.10. The summed E-state index contributed by atoms with van der Waals surface area (Å²) in [4.78, 5) is 26.2. The van der Waals surface area contributed by atoms with E-state index in [-0.39, 0.29) is 29.2 Å². The lowest BCUT2D eigenvalue weighted by molar-refractivity contribution is -0.120. The molecule has 3 N–H and O–H groups in total. The molecule has 3 heterocycles. The molecule has 3 aromatic rings. The molecule has 0 radical (unpaired) electrons. The summed E-state index contributed by atoms with van der Waals surface area (Å²) in [6, 6.07) is 6.60. The molecule has 0 bridgehead atoms. The Morgan fingerprint density at radius 3 is 3.14 bits per heavy atom. The van der Waals surface area contributed by atoms with Gasteiger partial charge in [-0.1, -0.05) is 17.7 Å². The lowest BCUT2D eigenvalue weighted by atomic mass is 10.1. The fourth-order valence-corrected chi connectivity index (χ4v) is 3.67. The van der Waals surface area contributed by atoms with Gasteiger partial charge >= 0.3 is 0 Å². The molecule has 1 aliphatic heterocycles. The van der Waals surface area contributed by atoms with Gasteiger partial charge in [-0.25, -0.2) is 14.4 Å². The zero-order valence-electron chi connectivity index (χ0n) is 15.1. The summed E-state index contributed by atoms with van der Waals surface area (Å²) in [7, 11) is 0. The number of benzene rings is 1. The van der Waals surface area contributed by atoms with Crippen molar-refractivity contribution in [2.45, 2.75) is 18.9 Å². The molecule has 1 aliphatic rings. The second-order valence-electron chi connectivity index (χ2n) is 6.74. The summed E-state index contributed by atoms with van der Waals surface area (Å²) < 4.78 is 13.9. The van der Waals surface area contributed by atoms with Gasteiger partial charge in [-0.05, 0) is 31.0 Å². The lowest BCUT2D eigenvalue weighted by Gasteiger charge is -2.34. The van der Waals surface area contributed by atoms with Crippen LogP contribution in [-0.2, 0) is 4.79 Å². The van der Waals surface area contributed by atoms with Crippen LogP contribution in [0.5, 0.6) is 0 Å². The molecule has 146 valence electrons. The normalized spacial score (nSPS) is 16.9. The van der Waals surface area contributed by atoms with Gasteiger partial charge in [0.2, 0.25) is 5.91 Å². The summed E-state index contributed by atoms with van der Waals surface area (Å²) in [5.41, 5.74) is 1.01. The Kier molecular flexibility index (Phi) is 5.29. The first kappa shape index (κ1) is 18.5. The van der Waals surface area contributed by atoms with Crippen LogP contribution in [0.15, 0.2) is 36.8 Å². The Balaban J connectivity index is 1.36. The maximum atomic E-state index is 13.9. The Labute approximate surface area is 166 Å². The Morgan fingerprint density at radius 1 is 1.36 bits per heavy atom. The quantitative estimate of drug-likeness (QED) is 0.611. The van der Waals surface area contributed by atoms with Crippen LogP contribution in [0.4, 0.5) is 15.9 Å². The van der Waals surface area contributed by atoms with Crippen LogP contribution >= 0.6 is 11.6 Å². The van der Waals surface area contributed by atoms with E-state index in [1.807, 2.05) is 12.3 Å². The van der Waals surface area contributed by atoms with Crippen molar-refractivity contribution < 1.29 is 9.18 Å². The fraction of sp³-hybridized carbons (Fsp3) is 0.316. The molecule has 0 saturated carbocycles. The molecule has 2 aromatic heterocycles. The predicted molar refractivity (Wildman–Crippen MR) is 107 cm³/mol. The molecule has 7 nitrogen and oxygen atoms in total. The number of fused-ring (bicyclic) bond motifs is 1. The number of nitrogens with one attached hydrogen (secondary N) is 3. The van der Waals surface area contributed by atoms with E-state index >= 15 is 0 Å². The molecule has 1 aromatic carbocycles. The summed E-state index contributed by atoms with van der Waals surface area (Å²) in [5.74, 6) is 0.116. The molecule has 1 unspecified atom stereocenters. The highest BCUT2D eigenvalue weighted by Gasteiger charge is 2.24. The van der Waals surface area contributed by atoms with Crippen LogP contribution in [0.3, 0.4) is 0 Å². The molecule has 0 aliphatic carbocycles. The number of hydrogen-bond donors (Lipinski definition) is 3. The van der Waals surface area contributed by atoms with Crippen LogP contribution in [-0.4, -0.2) is 46.5 Å². The first-order valence-corrected chi connectivity index (χ1v) is 9.50. The van der Waals surface area contributed by atoms with Crippen molar-refractivity contribution in [2.75, 3.05) is 29.9 Å². The van der Waals surface area contributed by atoms with E-state index in [4.69, 9.17) is 11.6 Å². The molecule has 0 spiro atoms. The van der Waals surface area contributed by atoms with E-state index in [2.05, 4.69) is 30.5 Å². The van der Waals surface area contributed by atoms with Crippen molar-refractivity contribution in [1.29, 1.82) is 0 Å². The van der Waals surface area contributed by atoms with Gasteiger partial charge in [0.05, 0.1) is 22.6 Å². The Hall–Kier alpha value is -2.87. The summed E-state index contributed by atoms with van der Waals surface area (Å²) in [6.45, 7) is 1.51. The number of aromatic amines is 1. The number of amides is 1. The van der Waals surface area contributed by atoms with Crippen LogP contribution in [0, 0.1) is 5.82 Å². The van der Waals surface area contributed by atoms with Crippen LogP contribution in [0.25, 0.3) is 11.0 Å². The maximum Gasteiger partial charge on any atom is 0.239 e. The standard InChI is InChI=1S/C19H20ClFN6O/c20-14-4-1-5-15(17(14)21)23-9-16(28)26-12-3-2-8-27(10-12)19-13-6-7-22-18(13)24-11-25-19/h1,4-7,11-12,23H,2-3,8-10H2,(H,26,28)(H,22,24,25). The number of carbonyl (C=O) groups is 1. The first-order chi connectivity index (χ1) is 13.6. The number of hydrogen-bond acceptors (Lipinski definition) is 5. The third kappa shape index (κ3) is 3.87. The number of rotatable bonds is 5. The Morgan fingerprint density at radius 2 is 2.25 bits per heavy atom. The van der Waals surface area contributed by atoms with Crippen molar-refractivity contribution in [3.05, 3.63) is 47.6 Å². The number of aromatic nitrogens is 3. The smallest absolute Gasteiger partial charge is 0.239 e. The third-order valence-electron chi connectivity index (χ3n) is 4.81. The number of halogens is 2. The maximum absolute atomic E-state index is 13.9. The molecule has 4 rings (SSSR count). The zero-order valence-corrected chi connectivity index (χ0v) is 15.8. The van der Waals surface area contributed by atoms with Crippen molar-refractivity contribution in [3.63, 3.8) is 0 Å². The SMILES string of the molecule is O=C(CNc1cccc(Cl)c1F)NC1CCCN(c2ncnc3[nH]ccc23)C1. The van der Waals surface area contributed by atoms with Gasteiger partial charge in [0.15, 0.2) is 5.82 Å². The van der Waals surface area contributed by atoms with Crippen LogP contribution < -0.4 is 15.5 Å². The molecular formula is C19H20ClFN6O. The van der Waals surface area contributed by atoms with Gasteiger partial charge in [-0.15, -0.1) is 0 Å². The second-order valence-corrected chi connectivity index (χ2v) is 7.15. The summed E-state index contributed by atoms with van der Waals surface area (Å²) >= 11 is 5.76. The van der Waals surface area contributed by atoms with Crippen molar-refractivity contribution in [1.82, 2.24) is 20.3 Å². The number of carbonyl (C=O) groups excluding carboxylic acids is 1. The predicted octanol–water partition coefficient (Wildman–Crippen LogP) is 2.95. The van der Waals surface area contributed by atoms with Gasteiger partial charge in [0.1, 0.15) is 17.8 Å². The van der Waals surface area contributed by atoms with E-state index in [1.54, 1.807) is 18.5 Å². The minimum absolute atomic E-state index is 0.00350. The van der Waals surface area contributed by atoms with Crippen LogP contribution in [0.1, 0.15) is 12.8 Å². The van der Waals surface area contributed by atoms with E-state index in [0.717, 1.165) is 36.2 Å². The lowest BCUT2D eigenvalue weighted by Crippen LogP contribution is -2.49. The molecule has 1 fully saturated rings. The van der Waals surface area contributed by atoms with Crippen LogP contribution in [0.2, 0.25) is 5.02 Å². The minimum Gasteiger partial charge on any atom is -0.374 e. The topological polar surface area (TPSA) is 85.9 Å². The summed E-state index contributed by atoms with van der Waals surface area (Å²) in [6.07, 6.45) is 5.21. The molecule has 1 amide bonds. The van der Waals surface area contributed by atoms with E-state index in [9.17, 15) is 9.18 Å². The average molecular weight is 403 g/mol. The fourth-order valence-electron chi connectivity index (χ4n) is 3.49. The molecule has 28 heavy (non-hydrogen) atoms. The van der Waals surface area contributed by atoms with Gasteiger partial charge in [0.25, 0.3) is 0 Å². The molecule has 9 heteroatoms. The van der Waals surface area contributed by atoms with E-state index < -0.39 is 5.82 Å². The highest BCUT2D eigenvalue weighted by Crippen LogP contribution is 2.25. The highest BCUT2D eigenvalue weighted by molar-refractivity contribution is 6.31. The van der Waals surface area contributed by atoms with Gasteiger partial charge in [-0.3, -0.25) is 4.79 Å². The van der Waals surface area contributed by atoms with Crippen molar-refractivity contribution >= 4 is 40.0 Å². The van der Waals surface area contributed by atoms with Crippen molar-refractivity contribution in [3.8, 4) is 0 Å². The Bertz CT molecular complexity index is 993. The van der Waals surface area contributed by atoms with Crippen molar-refractivity contribution in [2.24, 2.45) is 0 Å². The molecule has 1 atom stereocenters. The molecule has 1 saturated heterocycles. The number of anilines is 2. The highest BCUT2D eigenvalue weighted by atomic mass is 35.5. The van der Waals surface area contributed by atoms with Gasteiger partial charge in [0, 0.05) is 25.3 Å².